The average molecular weight is 456 g/mol. The minimum atomic E-state index is -4.43. The van der Waals surface area contributed by atoms with Crippen LogP contribution in [0.1, 0.15) is 18.9 Å². The van der Waals surface area contributed by atoms with Gasteiger partial charge in [-0.15, -0.1) is 10.2 Å². The van der Waals surface area contributed by atoms with Crippen LogP contribution in [0.3, 0.4) is 0 Å². The van der Waals surface area contributed by atoms with Crippen LogP contribution in [0.25, 0.3) is 0 Å². The molecular formula is C20H24F3N5O2S. The van der Waals surface area contributed by atoms with Crippen molar-refractivity contribution in [3.05, 3.63) is 29.8 Å². The maximum Gasteiger partial charge on any atom is 0.406 e. The van der Waals surface area contributed by atoms with Gasteiger partial charge in [0.15, 0.2) is 5.16 Å². The molecule has 2 aliphatic rings. The molecular weight excluding hydrogens is 431 g/mol. The van der Waals surface area contributed by atoms with Gasteiger partial charge in [0.25, 0.3) is 0 Å². The molecule has 1 amide bonds. The summed E-state index contributed by atoms with van der Waals surface area (Å²) in [6.45, 7) is 2.52. The van der Waals surface area contributed by atoms with Crippen molar-refractivity contribution in [1.29, 1.82) is 0 Å². The van der Waals surface area contributed by atoms with Crippen LogP contribution in [0, 0.1) is 0 Å². The first-order chi connectivity index (χ1) is 14.8. The normalized spacial score (nSPS) is 19.4. The molecule has 0 aliphatic carbocycles. The Labute approximate surface area is 182 Å². The molecule has 0 radical (unpaired) electrons. The number of hydrogen-bond acceptors (Lipinski definition) is 6. The number of alkyl halides is 3. The Hall–Kier alpha value is -2.27. The summed E-state index contributed by atoms with van der Waals surface area (Å²) >= 11 is 0.991. The number of para-hydroxylation sites is 1. The molecule has 0 spiro atoms. The third kappa shape index (κ3) is 4.98. The Morgan fingerprint density at radius 3 is 2.71 bits per heavy atom. The maximum absolute atomic E-state index is 13.2. The zero-order chi connectivity index (χ0) is 22.0. The van der Waals surface area contributed by atoms with Crippen molar-refractivity contribution in [2.24, 2.45) is 0 Å². The van der Waals surface area contributed by atoms with Gasteiger partial charge >= 0.3 is 6.18 Å². The van der Waals surface area contributed by atoms with Crippen LogP contribution in [-0.4, -0.2) is 64.9 Å². The number of anilines is 2. The summed E-state index contributed by atoms with van der Waals surface area (Å²) in [5.41, 5.74) is 1.98. The summed E-state index contributed by atoms with van der Waals surface area (Å²) in [6, 6.07) is 7.78. The number of rotatable bonds is 5. The highest BCUT2D eigenvalue weighted by Crippen LogP contribution is 2.32. The smallest absolute Gasteiger partial charge is 0.378 e. The third-order valence-corrected chi connectivity index (χ3v) is 6.40. The Bertz CT molecular complexity index is 930. The van der Waals surface area contributed by atoms with Crippen molar-refractivity contribution in [3.63, 3.8) is 0 Å². The van der Waals surface area contributed by atoms with Crippen LogP contribution in [0.5, 0.6) is 0 Å². The molecule has 11 heteroatoms. The van der Waals surface area contributed by atoms with Crippen molar-refractivity contribution in [2.45, 2.75) is 43.7 Å². The number of aryl methyl sites for hydroxylation is 1. The van der Waals surface area contributed by atoms with E-state index in [4.69, 9.17) is 4.74 Å². The first-order valence-electron chi connectivity index (χ1n) is 10.2. The maximum atomic E-state index is 13.2. The van der Waals surface area contributed by atoms with Crippen molar-refractivity contribution in [2.75, 3.05) is 41.9 Å². The fourth-order valence-electron chi connectivity index (χ4n) is 3.97. The largest absolute Gasteiger partial charge is 0.406 e. The number of ether oxygens (including phenoxy) is 1. The van der Waals surface area contributed by atoms with Crippen LogP contribution in [-0.2, 0) is 22.5 Å². The van der Waals surface area contributed by atoms with Gasteiger partial charge in [-0.05, 0) is 31.4 Å². The van der Waals surface area contributed by atoms with Crippen LogP contribution in [0.2, 0.25) is 0 Å². The molecule has 168 valence electrons. The number of fused-ring (bicyclic) bond motifs is 1. The molecule has 1 saturated heterocycles. The van der Waals surface area contributed by atoms with E-state index >= 15 is 0 Å². The van der Waals surface area contributed by atoms with Crippen molar-refractivity contribution < 1.29 is 22.7 Å². The molecule has 0 N–H and O–H groups in total. The number of nitrogens with zero attached hydrogens (tertiary/aromatic N) is 5. The summed E-state index contributed by atoms with van der Waals surface area (Å²) in [6.07, 6.45) is -2.68. The number of halogens is 3. The lowest BCUT2D eigenvalue weighted by Gasteiger charge is -2.35. The number of thioether (sulfide) groups is 1. The standard InChI is InChI=1S/C20H24F3N5O2S/c1-14-6-7-15-4-2-3-5-16(15)28(14)17(29)12-31-19-25-24-18(26-8-10-30-11-9-26)27(19)13-20(21,22)23/h2-5,14H,6-13H2,1H3. The lowest BCUT2D eigenvalue weighted by atomic mass is 9.97. The van der Waals surface area contributed by atoms with E-state index in [0.717, 1.165) is 40.4 Å². The molecule has 0 saturated carbocycles. The van der Waals surface area contributed by atoms with Gasteiger partial charge in [0.1, 0.15) is 6.54 Å². The summed E-state index contributed by atoms with van der Waals surface area (Å²) in [7, 11) is 0. The molecule has 1 unspecified atom stereocenters. The van der Waals surface area contributed by atoms with Gasteiger partial charge in [-0.2, -0.15) is 13.2 Å². The van der Waals surface area contributed by atoms with Crippen molar-refractivity contribution in [3.8, 4) is 0 Å². The van der Waals surface area contributed by atoms with Gasteiger partial charge in [-0.1, -0.05) is 30.0 Å². The molecule has 31 heavy (non-hydrogen) atoms. The topological polar surface area (TPSA) is 63.5 Å². The molecule has 7 nitrogen and oxygen atoms in total. The molecule has 0 bridgehead atoms. The Balaban J connectivity index is 1.53. The van der Waals surface area contributed by atoms with Gasteiger partial charge < -0.3 is 14.5 Å². The first-order valence-corrected chi connectivity index (χ1v) is 11.2. The van der Waals surface area contributed by atoms with E-state index in [2.05, 4.69) is 10.2 Å². The van der Waals surface area contributed by atoms with Gasteiger partial charge in [0.05, 0.1) is 19.0 Å². The fraction of sp³-hybridized carbons (Fsp3) is 0.550. The van der Waals surface area contributed by atoms with Crippen molar-refractivity contribution >= 4 is 29.3 Å². The Morgan fingerprint density at radius 2 is 1.97 bits per heavy atom. The van der Waals surface area contributed by atoms with Crippen LogP contribution < -0.4 is 9.80 Å². The monoisotopic (exact) mass is 455 g/mol. The van der Waals surface area contributed by atoms with E-state index < -0.39 is 12.7 Å². The number of hydrogen-bond donors (Lipinski definition) is 0. The summed E-state index contributed by atoms with van der Waals surface area (Å²) < 4.78 is 46.1. The lowest BCUT2D eigenvalue weighted by molar-refractivity contribution is -0.141. The second-order valence-corrected chi connectivity index (χ2v) is 8.59. The number of benzene rings is 1. The highest BCUT2D eigenvalue weighted by molar-refractivity contribution is 7.99. The number of amides is 1. The van der Waals surface area contributed by atoms with E-state index in [1.807, 2.05) is 31.2 Å². The molecule has 1 aromatic heterocycles. The Morgan fingerprint density at radius 1 is 1.23 bits per heavy atom. The van der Waals surface area contributed by atoms with E-state index in [1.165, 1.54) is 0 Å². The van der Waals surface area contributed by atoms with Crippen molar-refractivity contribution in [1.82, 2.24) is 14.8 Å². The Kier molecular flexibility index (Phi) is 6.42. The number of morpholine rings is 1. The molecule has 1 atom stereocenters. The van der Waals surface area contributed by atoms with Crippen LogP contribution in [0.4, 0.5) is 24.8 Å². The molecule has 3 heterocycles. The van der Waals surface area contributed by atoms with Gasteiger partial charge in [-0.25, -0.2) is 0 Å². The zero-order valence-corrected chi connectivity index (χ0v) is 18.0. The molecule has 1 aromatic carbocycles. The summed E-state index contributed by atoms with van der Waals surface area (Å²) in [5, 5.41) is 8.07. The van der Waals surface area contributed by atoms with E-state index in [9.17, 15) is 18.0 Å². The number of carbonyl (C=O) groups is 1. The second kappa shape index (κ2) is 9.07. The van der Waals surface area contributed by atoms with E-state index in [1.54, 1.807) is 9.80 Å². The lowest BCUT2D eigenvalue weighted by Crippen LogP contribution is -2.43. The van der Waals surface area contributed by atoms with Gasteiger partial charge in [0, 0.05) is 24.8 Å². The minimum Gasteiger partial charge on any atom is -0.378 e. The van der Waals surface area contributed by atoms with Gasteiger partial charge in [0.2, 0.25) is 11.9 Å². The van der Waals surface area contributed by atoms with Gasteiger partial charge in [-0.3, -0.25) is 9.36 Å². The molecule has 4 rings (SSSR count). The molecule has 1 fully saturated rings. The first kappa shape index (κ1) is 21.9. The number of aromatic nitrogens is 3. The second-order valence-electron chi connectivity index (χ2n) is 7.65. The van der Waals surface area contributed by atoms with Crippen LogP contribution >= 0.6 is 11.8 Å². The highest BCUT2D eigenvalue weighted by atomic mass is 32.2. The van der Waals surface area contributed by atoms with E-state index in [0.29, 0.717) is 26.3 Å². The fourth-order valence-corrected chi connectivity index (χ4v) is 4.76. The minimum absolute atomic E-state index is 0.0161. The third-order valence-electron chi connectivity index (χ3n) is 5.45. The SMILES string of the molecule is CC1CCc2ccccc2N1C(=O)CSc1nnc(N2CCOCC2)n1CC(F)(F)F. The zero-order valence-electron chi connectivity index (χ0n) is 17.1. The van der Waals surface area contributed by atoms with E-state index in [-0.39, 0.29) is 28.8 Å². The number of carbonyl (C=O) groups excluding carboxylic acids is 1. The predicted octanol–water partition coefficient (Wildman–Crippen LogP) is 3.14. The predicted molar refractivity (Wildman–Crippen MR) is 112 cm³/mol. The molecule has 2 aliphatic heterocycles. The highest BCUT2D eigenvalue weighted by Gasteiger charge is 2.34. The molecule has 2 aromatic rings. The summed E-state index contributed by atoms with van der Waals surface area (Å²) in [4.78, 5) is 16.5. The van der Waals surface area contributed by atoms with Crippen LogP contribution in [0.15, 0.2) is 29.4 Å². The quantitative estimate of drug-likeness (QED) is 0.646. The summed E-state index contributed by atoms with van der Waals surface area (Å²) in [5.74, 6) is -0.0102. The average Bonchev–Trinajstić information content (AvgIpc) is 3.13.